The Labute approximate surface area is 109 Å². The van der Waals surface area contributed by atoms with E-state index in [0.717, 1.165) is 24.2 Å². The van der Waals surface area contributed by atoms with Crippen LogP contribution in [0.25, 0.3) is 0 Å². The standard InChI is InChI=1S/C13H13N3OS/c14-11-2-1-9-3-4-16(6-10(9)5-11)13(17)12-7-18-8-15-12/h1-2,5,7-8H,3-4,6,14H2. The number of thiazole rings is 1. The summed E-state index contributed by atoms with van der Waals surface area (Å²) in [5.74, 6) is 0.00400. The largest absolute Gasteiger partial charge is 0.399 e. The van der Waals surface area contributed by atoms with Crippen molar-refractivity contribution in [2.45, 2.75) is 13.0 Å². The van der Waals surface area contributed by atoms with E-state index < -0.39 is 0 Å². The van der Waals surface area contributed by atoms with Crippen molar-refractivity contribution in [1.82, 2.24) is 9.88 Å². The molecule has 0 fully saturated rings. The molecule has 0 saturated carbocycles. The van der Waals surface area contributed by atoms with Crippen LogP contribution in [0.15, 0.2) is 29.1 Å². The number of aromatic nitrogens is 1. The van der Waals surface area contributed by atoms with Gasteiger partial charge in [0.15, 0.2) is 0 Å². The van der Waals surface area contributed by atoms with E-state index in [2.05, 4.69) is 11.1 Å². The van der Waals surface area contributed by atoms with Crippen molar-refractivity contribution in [2.24, 2.45) is 0 Å². The molecule has 1 amide bonds. The fourth-order valence-electron chi connectivity index (χ4n) is 2.23. The van der Waals surface area contributed by atoms with Gasteiger partial charge in [-0.25, -0.2) is 4.98 Å². The molecule has 5 heteroatoms. The van der Waals surface area contributed by atoms with Crippen LogP contribution in [0, 0.1) is 0 Å². The minimum atomic E-state index is 0.00400. The van der Waals surface area contributed by atoms with Gasteiger partial charge < -0.3 is 10.6 Å². The molecular formula is C13H13N3OS. The van der Waals surface area contributed by atoms with Crippen molar-refractivity contribution in [3.05, 3.63) is 45.9 Å². The molecule has 1 aromatic carbocycles. The van der Waals surface area contributed by atoms with E-state index in [4.69, 9.17) is 5.73 Å². The quantitative estimate of drug-likeness (QED) is 0.796. The second kappa shape index (κ2) is 4.42. The normalized spacial score (nSPS) is 14.3. The monoisotopic (exact) mass is 259 g/mol. The minimum Gasteiger partial charge on any atom is -0.399 e. The van der Waals surface area contributed by atoms with Gasteiger partial charge in [-0.15, -0.1) is 11.3 Å². The van der Waals surface area contributed by atoms with Gasteiger partial charge in [0.05, 0.1) is 5.51 Å². The molecule has 2 aromatic rings. The van der Waals surface area contributed by atoms with Crippen molar-refractivity contribution in [3.63, 3.8) is 0 Å². The zero-order chi connectivity index (χ0) is 12.5. The number of rotatable bonds is 1. The Hall–Kier alpha value is -1.88. The first-order valence-corrected chi connectivity index (χ1v) is 6.73. The van der Waals surface area contributed by atoms with E-state index in [-0.39, 0.29) is 5.91 Å². The predicted molar refractivity (Wildman–Crippen MR) is 71.4 cm³/mol. The number of anilines is 1. The van der Waals surface area contributed by atoms with Gasteiger partial charge in [0.1, 0.15) is 5.69 Å². The summed E-state index contributed by atoms with van der Waals surface area (Å²) in [5, 5.41) is 1.79. The van der Waals surface area contributed by atoms with Crippen LogP contribution in [0.3, 0.4) is 0 Å². The first kappa shape index (κ1) is 11.2. The number of fused-ring (bicyclic) bond motifs is 1. The molecule has 92 valence electrons. The summed E-state index contributed by atoms with van der Waals surface area (Å²) in [7, 11) is 0. The smallest absolute Gasteiger partial charge is 0.273 e. The van der Waals surface area contributed by atoms with E-state index >= 15 is 0 Å². The van der Waals surface area contributed by atoms with E-state index in [0.29, 0.717) is 12.2 Å². The Morgan fingerprint density at radius 2 is 2.28 bits per heavy atom. The van der Waals surface area contributed by atoms with Gasteiger partial charge in [-0.05, 0) is 29.7 Å². The van der Waals surface area contributed by atoms with Crippen LogP contribution in [0.5, 0.6) is 0 Å². The summed E-state index contributed by atoms with van der Waals surface area (Å²) in [6.07, 6.45) is 0.880. The molecule has 18 heavy (non-hydrogen) atoms. The molecule has 1 aliphatic rings. The number of nitrogens with zero attached hydrogens (tertiary/aromatic N) is 2. The van der Waals surface area contributed by atoms with E-state index in [9.17, 15) is 4.79 Å². The van der Waals surface area contributed by atoms with Gasteiger partial charge in [0.2, 0.25) is 0 Å². The van der Waals surface area contributed by atoms with Gasteiger partial charge in [-0.2, -0.15) is 0 Å². The fraction of sp³-hybridized carbons (Fsp3) is 0.231. The van der Waals surface area contributed by atoms with Crippen molar-refractivity contribution in [3.8, 4) is 0 Å². The van der Waals surface area contributed by atoms with Gasteiger partial charge in [-0.1, -0.05) is 6.07 Å². The first-order chi connectivity index (χ1) is 8.74. The molecule has 3 rings (SSSR count). The molecule has 2 N–H and O–H groups in total. The van der Waals surface area contributed by atoms with E-state index in [1.165, 1.54) is 16.9 Å². The number of nitrogens with two attached hydrogens (primary N) is 1. The molecule has 0 aliphatic carbocycles. The zero-order valence-electron chi connectivity index (χ0n) is 9.80. The van der Waals surface area contributed by atoms with Crippen molar-refractivity contribution in [1.29, 1.82) is 0 Å². The molecule has 0 bridgehead atoms. The van der Waals surface area contributed by atoms with E-state index in [1.807, 2.05) is 17.0 Å². The molecule has 0 radical (unpaired) electrons. The second-order valence-electron chi connectivity index (χ2n) is 4.38. The molecule has 1 aliphatic heterocycles. The van der Waals surface area contributed by atoms with Gasteiger partial charge >= 0.3 is 0 Å². The highest BCUT2D eigenvalue weighted by Crippen LogP contribution is 2.22. The zero-order valence-corrected chi connectivity index (χ0v) is 10.6. The summed E-state index contributed by atoms with van der Waals surface area (Å²) in [6.45, 7) is 1.37. The van der Waals surface area contributed by atoms with E-state index in [1.54, 1.807) is 10.9 Å². The van der Waals surface area contributed by atoms with Crippen LogP contribution in [-0.4, -0.2) is 22.3 Å². The minimum absolute atomic E-state index is 0.00400. The third-order valence-electron chi connectivity index (χ3n) is 3.18. The van der Waals surface area contributed by atoms with Crippen molar-refractivity contribution in [2.75, 3.05) is 12.3 Å². The maximum absolute atomic E-state index is 12.2. The average molecular weight is 259 g/mol. The lowest BCUT2D eigenvalue weighted by Gasteiger charge is -2.28. The highest BCUT2D eigenvalue weighted by atomic mass is 32.1. The number of carbonyl (C=O) groups excluding carboxylic acids is 1. The number of nitrogen functional groups attached to an aromatic ring is 1. The number of amides is 1. The second-order valence-corrected chi connectivity index (χ2v) is 5.10. The molecule has 0 atom stereocenters. The summed E-state index contributed by atoms with van der Waals surface area (Å²) in [4.78, 5) is 18.1. The Bertz CT molecular complexity index is 580. The van der Waals surface area contributed by atoms with Crippen LogP contribution in [0.1, 0.15) is 21.6 Å². The molecule has 1 aromatic heterocycles. The van der Waals surface area contributed by atoms with Crippen molar-refractivity contribution < 1.29 is 4.79 Å². The number of hydrogen-bond acceptors (Lipinski definition) is 4. The highest BCUT2D eigenvalue weighted by molar-refractivity contribution is 7.07. The average Bonchev–Trinajstić information content (AvgIpc) is 2.90. The van der Waals surface area contributed by atoms with Gasteiger partial charge in [-0.3, -0.25) is 4.79 Å². The summed E-state index contributed by atoms with van der Waals surface area (Å²) >= 11 is 1.44. The first-order valence-electron chi connectivity index (χ1n) is 5.79. The Morgan fingerprint density at radius 1 is 1.39 bits per heavy atom. The molecule has 0 saturated heterocycles. The Morgan fingerprint density at radius 3 is 3.06 bits per heavy atom. The maximum atomic E-state index is 12.2. The van der Waals surface area contributed by atoms with Crippen LogP contribution < -0.4 is 5.73 Å². The SMILES string of the molecule is Nc1ccc2c(c1)CN(C(=O)c1cscn1)CC2. The van der Waals surface area contributed by atoms with Gasteiger partial charge in [0, 0.05) is 24.2 Å². The van der Waals surface area contributed by atoms with Gasteiger partial charge in [0.25, 0.3) is 5.91 Å². The van der Waals surface area contributed by atoms with Crippen molar-refractivity contribution >= 4 is 22.9 Å². The summed E-state index contributed by atoms with van der Waals surface area (Å²) in [5.41, 5.74) is 11.2. The molecular weight excluding hydrogens is 246 g/mol. The highest BCUT2D eigenvalue weighted by Gasteiger charge is 2.22. The lowest BCUT2D eigenvalue weighted by molar-refractivity contribution is 0.0729. The topological polar surface area (TPSA) is 59.2 Å². The Balaban J connectivity index is 1.84. The molecule has 0 spiro atoms. The number of benzene rings is 1. The van der Waals surface area contributed by atoms with Crippen LogP contribution in [0.4, 0.5) is 5.69 Å². The van der Waals surface area contributed by atoms with Crippen LogP contribution in [0.2, 0.25) is 0 Å². The fourth-order valence-corrected chi connectivity index (χ4v) is 2.76. The molecule has 0 unspecified atom stereocenters. The number of carbonyl (C=O) groups is 1. The van der Waals surface area contributed by atoms with Crippen LogP contribution in [-0.2, 0) is 13.0 Å². The number of hydrogen-bond donors (Lipinski definition) is 1. The van der Waals surface area contributed by atoms with Crippen LogP contribution >= 0.6 is 11.3 Å². The molecule has 2 heterocycles. The molecule has 4 nitrogen and oxygen atoms in total. The third kappa shape index (κ3) is 1.97. The Kier molecular flexibility index (Phi) is 2.76. The lowest BCUT2D eigenvalue weighted by Crippen LogP contribution is -2.36. The maximum Gasteiger partial charge on any atom is 0.273 e. The predicted octanol–water partition coefficient (Wildman–Crippen LogP) is 1.92. The summed E-state index contributed by atoms with van der Waals surface area (Å²) < 4.78 is 0. The third-order valence-corrected chi connectivity index (χ3v) is 3.77. The lowest BCUT2D eigenvalue weighted by atomic mass is 9.99. The summed E-state index contributed by atoms with van der Waals surface area (Å²) in [6, 6.07) is 5.92.